The Labute approximate surface area is 102 Å². The lowest BCUT2D eigenvalue weighted by atomic mass is 10.1. The van der Waals surface area contributed by atoms with Gasteiger partial charge in [0.1, 0.15) is 5.15 Å². The highest BCUT2D eigenvalue weighted by Crippen LogP contribution is 2.27. The van der Waals surface area contributed by atoms with Gasteiger partial charge < -0.3 is 0 Å². The summed E-state index contributed by atoms with van der Waals surface area (Å²) < 4.78 is 0. The van der Waals surface area contributed by atoms with Gasteiger partial charge in [-0.2, -0.15) is 0 Å². The molecular weight excluding hydrogens is 254 g/mol. The van der Waals surface area contributed by atoms with Gasteiger partial charge in [0.2, 0.25) is 5.28 Å². The molecule has 2 aromatic rings. The number of aromatic nitrogens is 2. The average molecular weight is 260 g/mol. The molecule has 76 valence electrons. The Balaban J connectivity index is 2.49. The first-order valence-electron chi connectivity index (χ1n) is 4.11. The number of hydrogen-bond acceptors (Lipinski definition) is 2. The van der Waals surface area contributed by atoms with Crippen LogP contribution in [0.5, 0.6) is 0 Å². The minimum absolute atomic E-state index is 0.137. The maximum absolute atomic E-state index is 5.94. The van der Waals surface area contributed by atoms with Gasteiger partial charge >= 0.3 is 0 Å². The van der Waals surface area contributed by atoms with Crippen molar-refractivity contribution in [3.63, 3.8) is 0 Å². The van der Waals surface area contributed by atoms with Crippen molar-refractivity contribution in [2.75, 3.05) is 0 Å². The lowest BCUT2D eigenvalue weighted by molar-refractivity contribution is 1.17. The molecule has 0 aliphatic rings. The van der Waals surface area contributed by atoms with Crippen molar-refractivity contribution in [2.24, 2.45) is 0 Å². The zero-order valence-electron chi connectivity index (χ0n) is 7.42. The zero-order valence-corrected chi connectivity index (χ0v) is 9.68. The molecule has 0 aliphatic carbocycles. The third-order valence-electron chi connectivity index (χ3n) is 1.87. The van der Waals surface area contributed by atoms with Crippen LogP contribution in [0.3, 0.4) is 0 Å². The second kappa shape index (κ2) is 4.35. The van der Waals surface area contributed by atoms with Crippen LogP contribution in [-0.2, 0) is 0 Å². The standard InChI is InChI=1S/C10H5Cl3N2/c11-7-3-1-6(2-4-7)8-5-14-10(13)15-9(8)12/h1-5H. The molecule has 1 heterocycles. The van der Waals surface area contributed by atoms with Crippen molar-refractivity contribution >= 4 is 34.8 Å². The van der Waals surface area contributed by atoms with E-state index >= 15 is 0 Å². The highest BCUT2D eigenvalue weighted by Gasteiger charge is 2.06. The molecule has 0 spiro atoms. The van der Waals surface area contributed by atoms with Crippen LogP contribution < -0.4 is 0 Å². The van der Waals surface area contributed by atoms with Crippen molar-refractivity contribution in [2.45, 2.75) is 0 Å². The van der Waals surface area contributed by atoms with Gasteiger partial charge in [-0.05, 0) is 29.3 Å². The van der Waals surface area contributed by atoms with Crippen molar-refractivity contribution in [3.8, 4) is 11.1 Å². The fourth-order valence-electron chi connectivity index (χ4n) is 1.16. The molecule has 1 aromatic heterocycles. The SMILES string of the molecule is Clc1ccc(-c2cnc(Cl)nc2Cl)cc1. The van der Waals surface area contributed by atoms with Crippen LogP contribution in [0.4, 0.5) is 0 Å². The van der Waals surface area contributed by atoms with Crippen molar-refractivity contribution in [1.82, 2.24) is 9.97 Å². The Morgan fingerprint density at radius 1 is 0.933 bits per heavy atom. The third-order valence-corrected chi connectivity index (χ3v) is 2.59. The first-order valence-corrected chi connectivity index (χ1v) is 5.24. The Hall–Kier alpha value is -0.830. The Morgan fingerprint density at radius 2 is 1.60 bits per heavy atom. The molecule has 0 N–H and O–H groups in total. The summed E-state index contributed by atoms with van der Waals surface area (Å²) in [5.41, 5.74) is 1.64. The van der Waals surface area contributed by atoms with E-state index in [0.29, 0.717) is 10.2 Å². The Bertz CT molecular complexity index is 483. The number of benzene rings is 1. The highest BCUT2D eigenvalue weighted by atomic mass is 35.5. The summed E-state index contributed by atoms with van der Waals surface area (Å²) in [5.74, 6) is 0. The molecule has 0 fully saturated rings. The van der Waals surface area contributed by atoms with E-state index in [-0.39, 0.29) is 5.28 Å². The monoisotopic (exact) mass is 258 g/mol. The largest absolute Gasteiger partial charge is 0.226 e. The van der Waals surface area contributed by atoms with Crippen molar-refractivity contribution < 1.29 is 0 Å². The molecule has 0 radical (unpaired) electrons. The van der Waals surface area contributed by atoms with Crippen LogP contribution in [0.2, 0.25) is 15.5 Å². The molecule has 0 bridgehead atoms. The summed E-state index contributed by atoms with van der Waals surface area (Å²) in [6.45, 7) is 0. The van der Waals surface area contributed by atoms with E-state index in [1.807, 2.05) is 12.1 Å². The van der Waals surface area contributed by atoms with Crippen LogP contribution in [0.1, 0.15) is 0 Å². The predicted molar refractivity (Wildman–Crippen MR) is 62.5 cm³/mol. The summed E-state index contributed by atoms with van der Waals surface area (Å²) >= 11 is 17.3. The minimum atomic E-state index is 0.137. The average Bonchev–Trinajstić information content (AvgIpc) is 2.20. The zero-order chi connectivity index (χ0) is 10.8. The molecule has 0 saturated carbocycles. The summed E-state index contributed by atoms with van der Waals surface area (Å²) in [6.07, 6.45) is 1.58. The van der Waals surface area contributed by atoms with Gasteiger partial charge in [0.25, 0.3) is 0 Å². The third kappa shape index (κ3) is 2.40. The van der Waals surface area contributed by atoms with Gasteiger partial charge in [0.15, 0.2) is 0 Å². The second-order valence-electron chi connectivity index (χ2n) is 2.85. The van der Waals surface area contributed by atoms with Crippen LogP contribution in [0, 0.1) is 0 Å². The summed E-state index contributed by atoms with van der Waals surface area (Å²) in [7, 11) is 0. The molecule has 0 unspecified atom stereocenters. The van der Waals surface area contributed by atoms with Crippen LogP contribution in [0.25, 0.3) is 11.1 Å². The smallest absolute Gasteiger partial charge is 0.223 e. The molecule has 0 atom stereocenters. The maximum Gasteiger partial charge on any atom is 0.223 e. The normalized spacial score (nSPS) is 10.3. The summed E-state index contributed by atoms with van der Waals surface area (Å²) in [6, 6.07) is 7.26. The number of rotatable bonds is 1. The van der Waals surface area contributed by atoms with Gasteiger partial charge in [-0.15, -0.1) is 0 Å². The van der Waals surface area contributed by atoms with Gasteiger partial charge in [-0.25, -0.2) is 9.97 Å². The first kappa shape index (κ1) is 10.7. The number of hydrogen-bond donors (Lipinski definition) is 0. The number of halogens is 3. The molecule has 5 heteroatoms. The summed E-state index contributed by atoms with van der Waals surface area (Å²) in [5, 5.41) is 1.14. The molecular formula is C10H5Cl3N2. The Morgan fingerprint density at radius 3 is 2.20 bits per heavy atom. The van der Waals surface area contributed by atoms with Crippen LogP contribution in [0.15, 0.2) is 30.5 Å². The van der Waals surface area contributed by atoms with E-state index in [4.69, 9.17) is 34.8 Å². The molecule has 0 amide bonds. The molecule has 1 aromatic carbocycles. The van der Waals surface area contributed by atoms with E-state index in [0.717, 1.165) is 11.1 Å². The van der Waals surface area contributed by atoms with Crippen LogP contribution in [-0.4, -0.2) is 9.97 Å². The predicted octanol–water partition coefficient (Wildman–Crippen LogP) is 4.10. The molecule has 0 saturated heterocycles. The molecule has 15 heavy (non-hydrogen) atoms. The summed E-state index contributed by atoms with van der Waals surface area (Å²) in [4.78, 5) is 7.73. The molecule has 0 aliphatic heterocycles. The Kier molecular flexibility index (Phi) is 3.10. The van der Waals surface area contributed by atoms with Gasteiger partial charge in [0, 0.05) is 16.8 Å². The quantitative estimate of drug-likeness (QED) is 0.569. The van der Waals surface area contributed by atoms with Crippen LogP contribution >= 0.6 is 34.8 Å². The van der Waals surface area contributed by atoms with Crippen molar-refractivity contribution in [3.05, 3.63) is 45.9 Å². The fraction of sp³-hybridized carbons (Fsp3) is 0. The minimum Gasteiger partial charge on any atom is -0.226 e. The van der Waals surface area contributed by atoms with E-state index in [1.54, 1.807) is 18.3 Å². The second-order valence-corrected chi connectivity index (χ2v) is 3.98. The lowest BCUT2D eigenvalue weighted by Gasteiger charge is -2.03. The van der Waals surface area contributed by atoms with Crippen molar-refractivity contribution in [1.29, 1.82) is 0 Å². The van der Waals surface area contributed by atoms with E-state index in [9.17, 15) is 0 Å². The highest BCUT2D eigenvalue weighted by molar-refractivity contribution is 6.33. The molecule has 2 nitrogen and oxygen atoms in total. The van der Waals surface area contributed by atoms with E-state index < -0.39 is 0 Å². The van der Waals surface area contributed by atoms with E-state index in [1.165, 1.54) is 0 Å². The topological polar surface area (TPSA) is 25.8 Å². The van der Waals surface area contributed by atoms with Gasteiger partial charge in [-0.3, -0.25) is 0 Å². The number of nitrogens with zero attached hydrogens (tertiary/aromatic N) is 2. The first-order chi connectivity index (χ1) is 7.16. The van der Waals surface area contributed by atoms with Gasteiger partial charge in [-0.1, -0.05) is 35.3 Å². The van der Waals surface area contributed by atoms with Gasteiger partial charge in [0.05, 0.1) is 0 Å². The lowest BCUT2D eigenvalue weighted by Crippen LogP contribution is -1.87. The molecule has 2 rings (SSSR count). The fourth-order valence-corrected chi connectivity index (χ4v) is 1.70. The van der Waals surface area contributed by atoms with E-state index in [2.05, 4.69) is 9.97 Å². The maximum atomic E-state index is 5.94.